The highest BCUT2D eigenvalue weighted by Crippen LogP contribution is 2.26. The van der Waals surface area contributed by atoms with Gasteiger partial charge in [-0.15, -0.1) is 11.3 Å². The molecule has 1 heterocycles. The van der Waals surface area contributed by atoms with E-state index in [1.807, 2.05) is 0 Å². The molecule has 2 aromatic rings. The molecule has 4 heteroatoms. The van der Waals surface area contributed by atoms with Crippen LogP contribution >= 0.6 is 33.9 Å². The molecule has 0 aliphatic rings. The summed E-state index contributed by atoms with van der Waals surface area (Å²) < 4.78 is 1.30. The van der Waals surface area contributed by atoms with Crippen molar-refractivity contribution >= 4 is 33.9 Å². The molecule has 0 saturated carbocycles. The Balaban J connectivity index is 2.26. The van der Waals surface area contributed by atoms with Crippen LogP contribution in [0, 0.1) is 10.5 Å². The van der Waals surface area contributed by atoms with Crippen molar-refractivity contribution in [2.24, 2.45) is 5.84 Å². The SMILES string of the molecule is Cc1cccc(C(Cc2cccs2)NN)c1I. The summed E-state index contributed by atoms with van der Waals surface area (Å²) in [5, 5.41) is 2.10. The molecule has 0 fully saturated rings. The first-order chi connectivity index (χ1) is 8.22. The van der Waals surface area contributed by atoms with Crippen molar-refractivity contribution < 1.29 is 0 Å². The van der Waals surface area contributed by atoms with Crippen LogP contribution < -0.4 is 11.3 Å². The van der Waals surface area contributed by atoms with Gasteiger partial charge in [0.2, 0.25) is 0 Å². The number of thiophene rings is 1. The molecule has 1 unspecified atom stereocenters. The van der Waals surface area contributed by atoms with Crippen LogP contribution in [-0.2, 0) is 6.42 Å². The van der Waals surface area contributed by atoms with Crippen molar-refractivity contribution in [2.75, 3.05) is 0 Å². The lowest BCUT2D eigenvalue weighted by Crippen LogP contribution is -2.30. The Morgan fingerprint density at radius 3 is 2.82 bits per heavy atom. The molecule has 1 aromatic heterocycles. The van der Waals surface area contributed by atoms with Crippen LogP contribution in [0.25, 0.3) is 0 Å². The Kier molecular flexibility index (Phi) is 4.55. The number of halogens is 1. The highest BCUT2D eigenvalue weighted by atomic mass is 127. The maximum Gasteiger partial charge on any atom is 0.0518 e. The van der Waals surface area contributed by atoms with E-state index in [2.05, 4.69) is 70.7 Å². The van der Waals surface area contributed by atoms with Crippen LogP contribution in [0.3, 0.4) is 0 Å². The first kappa shape index (κ1) is 13.0. The van der Waals surface area contributed by atoms with Crippen molar-refractivity contribution in [1.82, 2.24) is 5.43 Å². The van der Waals surface area contributed by atoms with Gasteiger partial charge in [0.05, 0.1) is 6.04 Å². The summed E-state index contributed by atoms with van der Waals surface area (Å²) in [6, 6.07) is 10.8. The summed E-state index contributed by atoms with van der Waals surface area (Å²) in [6.45, 7) is 2.13. The third-order valence-corrected chi connectivity index (χ3v) is 5.16. The first-order valence-electron chi connectivity index (χ1n) is 5.46. The van der Waals surface area contributed by atoms with Gasteiger partial charge in [-0.05, 0) is 52.1 Å². The quantitative estimate of drug-likeness (QED) is 0.499. The standard InChI is InChI=1S/C13H15IN2S/c1-9-4-2-6-11(13(9)14)12(16-15)8-10-5-3-7-17-10/h2-7,12,16H,8,15H2,1H3. The maximum absolute atomic E-state index is 5.69. The lowest BCUT2D eigenvalue weighted by atomic mass is 10.0. The molecule has 17 heavy (non-hydrogen) atoms. The molecular formula is C13H15IN2S. The summed E-state index contributed by atoms with van der Waals surface area (Å²) in [5.74, 6) is 5.69. The van der Waals surface area contributed by atoms with Gasteiger partial charge in [-0.2, -0.15) is 0 Å². The number of rotatable bonds is 4. The molecular weight excluding hydrogens is 343 g/mol. The second kappa shape index (κ2) is 5.95. The Morgan fingerprint density at radius 2 is 2.18 bits per heavy atom. The van der Waals surface area contributed by atoms with Gasteiger partial charge in [-0.3, -0.25) is 11.3 Å². The third-order valence-electron chi connectivity index (χ3n) is 2.78. The number of hydrogen-bond donors (Lipinski definition) is 2. The van der Waals surface area contributed by atoms with E-state index in [1.54, 1.807) is 11.3 Å². The van der Waals surface area contributed by atoms with E-state index in [0.717, 1.165) is 6.42 Å². The summed E-state index contributed by atoms with van der Waals surface area (Å²) in [7, 11) is 0. The zero-order chi connectivity index (χ0) is 12.3. The molecule has 0 saturated heterocycles. The fourth-order valence-corrected chi connectivity index (χ4v) is 3.32. The van der Waals surface area contributed by atoms with E-state index in [9.17, 15) is 0 Å². The van der Waals surface area contributed by atoms with Crippen molar-refractivity contribution in [3.63, 3.8) is 0 Å². The minimum absolute atomic E-state index is 0.181. The molecule has 2 rings (SSSR count). The minimum atomic E-state index is 0.181. The van der Waals surface area contributed by atoms with Gasteiger partial charge in [-0.1, -0.05) is 24.3 Å². The summed E-state index contributed by atoms with van der Waals surface area (Å²) in [5.41, 5.74) is 5.51. The van der Waals surface area contributed by atoms with Gasteiger partial charge in [0, 0.05) is 14.9 Å². The van der Waals surface area contributed by atoms with Gasteiger partial charge in [0.1, 0.15) is 0 Å². The van der Waals surface area contributed by atoms with E-state index in [4.69, 9.17) is 5.84 Å². The lowest BCUT2D eigenvalue weighted by molar-refractivity contribution is 0.553. The zero-order valence-corrected chi connectivity index (χ0v) is 12.6. The molecule has 0 amide bonds. The van der Waals surface area contributed by atoms with Gasteiger partial charge in [-0.25, -0.2) is 0 Å². The molecule has 0 aliphatic heterocycles. The van der Waals surface area contributed by atoms with Gasteiger partial charge in [0.25, 0.3) is 0 Å². The summed E-state index contributed by atoms with van der Waals surface area (Å²) in [4.78, 5) is 1.35. The van der Waals surface area contributed by atoms with Crippen molar-refractivity contribution in [2.45, 2.75) is 19.4 Å². The molecule has 0 bridgehead atoms. The largest absolute Gasteiger partial charge is 0.271 e. The molecule has 0 aliphatic carbocycles. The molecule has 0 spiro atoms. The summed E-state index contributed by atoms with van der Waals surface area (Å²) >= 11 is 4.17. The van der Waals surface area contributed by atoms with Gasteiger partial charge < -0.3 is 0 Å². The van der Waals surface area contributed by atoms with Crippen LogP contribution in [0.4, 0.5) is 0 Å². The van der Waals surface area contributed by atoms with E-state index in [-0.39, 0.29) is 6.04 Å². The van der Waals surface area contributed by atoms with Crippen LogP contribution in [-0.4, -0.2) is 0 Å². The Morgan fingerprint density at radius 1 is 1.35 bits per heavy atom. The van der Waals surface area contributed by atoms with E-state index in [1.165, 1.54) is 19.6 Å². The second-order valence-corrected chi connectivity index (χ2v) is 6.09. The minimum Gasteiger partial charge on any atom is -0.271 e. The zero-order valence-electron chi connectivity index (χ0n) is 9.61. The van der Waals surface area contributed by atoms with Crippen molar-refractivity contribution in [3.8, 4) is 0 Å². The predicted molar refractivity (Wildman–Crippen MR) is 82.0 cm³/mol. The van der Waals surface area contributed by atoms with Crippen molar-refractivity contribution in [1.29, 1.82) is 0 Å². The number of nitrogens with two attached hydrogens (primary N) is 1. The maximum atomic E-state index is 5.69. The van der Waals surface area contributed by atoms with Crippen LogP contribution in [0.5, 0.6) is 0 Å². The molecule has 1 atom stereocenters. The smallest absolute Gasteiger partial charge is 0.0518 e. The number of benzene rings is 1. The Labute approximate surface area is 119 Å². The summed E-state index contributed by atoms with van der Waals surface area (Å²) in [6.07, 6.45) is 0.938. The molecule has 3 N–H and O–H groups in total. The topological polar surface area (TPSA) is 38.0 Å². The molecule has 0 radical (unpaired) electrons. The average Bonchev–Trinajstić information content (AvgIpc) is 2.83. The molecule has 90 valence electrons. The Hall–Kier alpha value is -0.430. The normalized spacial score (nSPS) is 12.6. The van der Waals surface area contributed by atoms with Crippen LogP contribution in [0.1, 0.15) is 22.0 Å². The van der Waals surface area contributed by atoms with E-state index in [0.29, 0.717) is 0 Å². The second-order valence-electron chi connectivity index (χ2n) is 3.98. The monoisotopic (exact) mass is 358 g/mol. The van der Waals surface area contributed by atoms with Crippen LogP contribution in [0.15, 0.2) is 35.7 Å². The van der Waals surface area contributed by atoms with E-state index < -0.39 is 0 Å². The van der Waals surface area contributed by atoms with Gasteiger partial charge in [0.15, 0.2) is 0 Å². The third kappa shape index (κ3) is 3.07. The number of hydrazine groups is 1. The van der Waals surface area contributed by atoms with Gasteiger partial charge >= 0.3 is 0 Å². The highest BCUT2D eigenvalue weighted by Gasteiger charge is 2.14. The fraction of sp³-hybridized carbons (Fsp3) is 0.231. The van der Waals surface area contributed by atoms with Crippen LogP contribution in [0.2, 0.25) is 0 Å². The van der Waals surface area contributed by atoms with E-state index >= 15 is 0 Å². The Bertz CT molecular complexity index is 482. The predicted octanol–water partition coefficient (Wildman–Crippen LogP) is 3.41. The molecule has 1 aromatic carbocycles. The highest BCUT2D eigenvalue weighted by molar-refractivity contribution is 14.1. The van der Waals surface area contributed by atoms with Crippen molar-refractivity contribution in [3.05, 3.63) is 55.3 Å². The number of aryl methyl sites for hydroxylation is 1. The average molecular weight is 358 g/mol. The molecule has 2 nitrogen and oxygen atoms in total. The lowest BCUT2D eigenvalue weighted by Gasteiger charge is -2.18. The first-order valence-corrected chi connectivity index (χ1v) is 7.41. The number of nitrogens with one attached hydrogen (secondary N) is 1. The number of hydrogen-bond acceptors (Lipinski definition) is 3. The fourth-order valence-electron chi connectivity index (χ4n) is 1.83.